The van der Waals surface area contributed by atoms with Gasteiger partial charge in [0.15, 0.2) is 0 Å². The number of carbonyl (C=O) groups is 3. The third kappa shape index (κ3) is 4.11. The van der Waals surface area contributed by atoms with Crippen molar-refractivity contribution in [3.63, 3.8) is 0 Å². The van der Waals surface area contributed by atoms with Crippen LogP contribution in [0.25, 0.3) is 0 Å². The first-order chi connectivity index (χ1) is 8.82. The first kappa shape index (κ1) is 15.3. The Hall–Kier alpha value is -1.79. The monoisotopic (exact) mass is 305 g/mol. The fourth-order valence-electron chi connectivity index (χ4n) is 1.37. The summed E-state index contributed by atoms with van der Waals surface area (Å²) in [6.07, 6.45) is 0. The van der Waals surface area contributed by atoms with Gasteiger partial charge < -0.3 is 15.1 Å². The van der Waals surface area contributed by atoms with Gasteiger partial charge in [0.25, 0.3) is 5.91 Å². The van der Waals surface area contributed by atoms with Crippen LogP contribution in [0.4, 0.5) is 0 Å². The molecule has 0 unspecified atom stereocenters. The smallest absolute Gasteiger partial charge is 0.323 e. The topological polar surface area (TPSA) is 94.9 Å². The highest BCUT2D eigenvalue weighted by Gasteiger charge is 2.23. The number of carbonyl (C=O) groups excluding carboxylic acids is 1. The van der Waals surface area contributed by atoms with Crippen LogP contribution >= 0.6 is 23.2 Å². The van der Waals surface area contributed by atoms with Crippen LogP contribution in [0.15, 0.2) is 18.2 Å². The minimum atomic E-state index is -1.33. The maximum absolute atomic E-state index is 12.0. The molecule has 0 atom stereocenters. The van der Waals surface area contributed by atoms with Gasteiger partial charge in [0.1, 0.15) is 13.1 Å². The van der Waals surface area contributed by atoms with E-state index in [9.17, 15) is 14.4 Å². The van der Waals surface area contributed by atoms with Gasteiger partial charge in [0, 0.05) is 0 Å². The highest BCUT2D eigenvalue weighted by molar-refractivity contribution is 6.43. The molecule has 0 heterocycles. The summed E-state index contributed by atoms with van der Waals surface area (Å²) in [5, 5.41) is 17.4. The molecule has 0 radical (unpaired) electrons. The molecule has 0 aliphatic heterocycles. The maximum Gasteiger partial charge on any atom is 0.323 e. The highest BCUT2D eigenvalue weighted by Crippen LogP contribution is 2.26. The zero-order valence-electron chi connectivity index (χ0n) is 9.47. The second kappa shape index (κ2) is 6.40. The average molecular weight is 306 g/mol. The van der Waals surface area contributed by atoms with Gasteiger partial charge in [-0.15, -0.1) is 0 Å². The number of hydrogen-bond acceptors (Lipinski definition) is 3. The van der Waals surface area contributed by atoms with Crippen molar-refractivity contribution in [1.29, 1.82) is 0 Å². The quantitative estimate of drug-likeness (QED) is 0.861. The van der Waals surface area contributed by atoms with Crippen molar-refractivity contribution in [3.8, 4) is 0 Å². The van der Waals surface area contributed by atoms with Gasteiger partial charge in [-0.25, -0.2) is 0 Å². The summed E-state index contributed by atoms with van der Waals surface area (Å²) < 4.78 is 0. The van der Waals surface area contributed by atoms with Gasteiger partial charge in [-0.1, -0.05) is 29.3 Å². The Kier molecular flexibility index (Phi) is 5.14. The van der Waals surface area contributed by atoms with Gasteiger partial charge in [-0.2, -0.15) is 0 Å². The molecule has 1 amide bonds. The summed E-state index contributed by atoms with van der Waals surface area (Å²) in [6, 6.07) is 4.26. The molecule has 1 aromatic rings. The van der Waals surface area contributed by atoms with Crippen LogP contribution in [-0.4, -0.2) is 46.0 Å². The lowest BCUT2D eigenvalue weighted by Gasteiger charge is -2.19. The van der Waals surface area contributed by atoms with Gasteiger partial charge in [0.05, 0.1) is 15.6 Å². The van der Waals surface area contributed by atoms with Crippen molar-refractivity contribution in [2.24, 2.45) is 0 Å². The van der Waals surface area contributed by atoms with E-state index in [0.717, 1.165) is 0 Å². The van der Waals surface area contributed by atoms with E-state index < -0.39 is 30.9 Å². The predicted molar refractivity (Wildman–Crippen MR) is 67.6 cm³/mol. The minimum absolute atomic E-state index is 0.0448. The molecule has 0 aliphatic carbocycles. The van der Waals surface area contributed by atoms with Gasteiger partial charge >= 0.3 is 11.9 Å². The summed E-state index contributed by atoms with van der Waals surface area (Å²) >= 11 is 11.6. The molecule has 19 heavy (non-hydrogen) atoms. The van der Waals surface area contributed by atoms with Crippen LogP contribution in [0.1, 0.15) is 10.4 Å². The first-order valence-corrected chi connectivity index (χ1v) is 5.75. The van der Waals surface area contributed by atoms with Crippen molar-refractivity contribution in [3.05, 3.63) is 33.8 Å². The van der Waals surface area contributed by atoms with Crippen LogP contribution in [0.5, 0.6) is 0 Å². The fraction of sp³-hybridized carbons (Fsp3) is 0.182. The van der Waals surface area contributed by atoms with Crippen molar-refractivity contribution in [2.45, 2.75) is 0 Å². The molecule has 8 heteroatoms. The number of amides is 1. The van der Waals surface area contributed by atoms with Crippen molar-refractivity contribution < 1.29 is 24.6 Å². The SMILES string of the molecule is O=C(O)CN(CC(=O)O)C(=O)c1cccc(Cl)c1Cl. The van der Waals surface area contributed by atoms with Crippen molar-refractivity contribution in [1.82, 2.24) is 4.90 Å². The summed E-state index contributed by atoms with van der Waals surface area (Å²) in [5.74, 6) is -3.46. The number of rotatable bonds is 5. The Labute approximate surface area is 118 Å². The summed E-state index contributed by atoms with van der Waals surface area (Å²) in [5.41, 5.74) is -0.0448. The van der Waals surface area contributed by atoms with E-state index in [1.165, 1.54) is 18.2 Å². The van der Waals surface area contributed by atoms with Crippen LogP contribution < -0.4 is 0 Å². The molecule has 2 N–H and O–H groups in total. The molecule has 0 spiro atoms. The van der Waals surface area contributed by atoms with Gasteiger partial charge in [-0.05, 0) is 12.1 Å². The normalized spacial score (nSPS) is 10.0. The molecule has 0 saturated carbocycles. The minimum Gasteiger partial charge on any atom is -0.480 e. The van der Waals surface area contributed by atoms with Crippen LogP contribution in [0, 0.1) is 0 Å². The number of benzene rings is 1. The summed E-state index contributed by atoms with van der Waals surface area (Å²) in [7, 11) is 0. The van der Waals surface area contributed by atoms with E-state index in [-0.39, 0.29) is 15.6 Å². The number of aliphatic carboxylic acids is 2. The lowest BCUT2D eigenvalue weighted by atomic mass is 10.2. The molecule has 1 aromatic carbocycles. The van der Waals surface area contributed by atoms with E-state index in [1.807, 2.05) is 0 Å². The molecule has 0 aromatic heterocycles. The third-order valence-electron chi connectivity index (χ3n) is 2.12. The number of carboxylic acid groups (broad SMARTS) is 2. The zero-order valence-corrected chi connectivity index (χ0v) is 11.0. The Bertz CT molecular complexity index is 516. The Morgan fingerprint density at radius 1 is 1.05 bits per heavy atom. The molecule has 6 nitrogen and oxygen atoms in total. The lowest BCUT2D eigenvalue weighted by molar-refractivity contribution is -0.140. The van der Waals surface area contributed by atoms with Crippen LogP contribution in [0.2, 0.25) is 10.0 Å². The molecule has 102 valence electrons. The molecular weight excluding hydrogens is 297 g/mol. The predicted octanol–water partition coefficient (Wildman–Crippen LogP) is 1.60. The largest absolute Gasteiger partial charge is 0.480 e. The maximum atomic E-state index is 12.0. The Balaban J connectivity index is 3.07. The van der Waals surface area contributed by atoms with Crippen LogP contribution in [0.3, 0.4) is 0 Å². The van der Waals surface area contributed by atoms with Crippen LogP contribution in [-0.2, 0) is 9.59 Å². The molecule has 0 fully saturated rings. The van der Waals surface area contributed by atoms with Crippen molar-refractivity contribution in [2.75, 3.05) is 13.1 Å². The fourth-order valence-corrected chi connectivity index (χ4v) is 1.75. The third-order valence-corrected chi connectivity index (χ3v) is 2.94. The second-order valence-electron chi connectivity index (χ2n) is 3.55. The Morgan fingerprint density at radius 2 is 1.58 bits per heavy atom. The van der Waals surface area contributed by atoms with E-state index in [2.05, 4.69) is 0 Å². The Morgan fingerprint density at radius 3 is 2.05 bits per heavy atom. The molecule has 0 saturated heterocycles. The summed E-state index contributed by atoms with van der Waals surface area (Å²) in [4.78, 5) is 34.0. The summed E-state index contributed by atoms with van der Waals surface area (Å²) in [6.45, 7) is -1.48. The number of nitrogens with zero attached hydrogens (tertiary/aromatic N) is 1. The zero-order chi connectivity index (χ0) is 14.6. The first-order valence-electron chi connectivity index (χ1n) is 4.99. The van der Waals surface area contributed by atoms with E-state index in [1.54, 1.807) is 0 Å². The van der Waals surface area contributed by atoms with Gasteiger partial charge in [0.2, 0.25) is 0 Å². The van der Waals surface area contributed by atoms with E-state index in [4.69, 9.17) is 33.4 Å². The second-order valence-corrected chi connectivity index (χ2v) is 4.34. The van der Waals surface area contributed by atoms with Crippen molar-refractivity contribution >= 4 is 41.0 Å². The molecule has 0 bridgehead atoms. The lowest BCUT2D eigenvalue weighted by Crippen LogP contribution is -2.39. The average Bonchev–Trinajstić information content (AvgIpc) is 2.30. The highest BCUT2D eigenvalue weighted by atomic mass is 35.5. The number of hydrogen-bond donors (Lipinski definition) is 2. The molecule has 1 rings (SSSR count). The number of halogens is 2. The molecular formula is C11H9Cl2NO5. The van der Waals surface area contributed by atoms with E-state index in [0.29, 0.717) is 4.90 Å². The van der Waals surface area contributed by atoms with E-state index >= 15 is 0 Å². The standard InChI is InChI=1S/C11H9Cl2NO5/c12-7-3-1-2-6(10(7)13)11(19)14(4-8(15)16)5-9(17)18/h1-3H,4-5H2,(H,15,16)(H,17,18). The molecule has 0 aliphatic rings. The number of carboxylic acids is 2. The van der Waals surface area contributed by atoms with Gasteiger partial charge in [-0.3, -0.25) is 14.4 Å².